The minimum Gasteiger partial charge on any atom is -0.488 e. The first kappa shape index (κ1) is 13.6. The molecule has 0 radical (unpaired) electrons. The lowest BCUT2D eigenvalue weighted by Gasteiger charge is -2.28. The molecule has 1 heterocycles. The lowest BCUT2D eigenvalue weighted by molar-refractivity contribution is 0.0971. The second kappa shape index (κ2) is 5.89. The fraction of sp³-hybridized carbons (Fsp3) is 0.571. The maximum absolute atomic E-state index is 13.4. The van der Waals surface area contributed by atoms with Crippen molar-refractivity contribution in [2.45, 2.75) is 26.4 Å². The van der Waals surface area contributed by atoms with E-state index in [9.17, 15) is 4.39 Å². The number of benzene rings is 1. The molecule has 0 bridgehead atoms. The molecule has 1 N–H and O–H groups in total. The second-order valence-corrected chi connectivity index (χ2v) is 5.51. The normalized spacial score (nSPS) is 21.3. The van der Waals surface area contributed by atoms with Crippen molar-refractivity contribution in [3.05, 3.63) is 29.0 Å². The molecule has 1 unspecified atom stereocenters. The van der Waals surface area contributed by atoms with Crippen molar-refractivity contribution >= 4 is 11.6 Å². The Morgan fingerprint density at radius 1 is 1.44 bits per heavy atom. The number of hydrogen-bond acceptors (Lipinski definition) is 2. The van der Waals surface area contributed by atoms with E-state index in [1.165, 1.54) is 6.07 Å². The van der Waals surface area contributed by atoms with Crippen molar-refractivity contribution in [2.75, 3.05) is 13.1 Å². The molecule has 0 amide bonds. The van der Waals surface area contributed by atoms with Gasteiger partial charge in [-0.15, -0.1) is 0 Å². The van der Waals surface area contributed by atoms with Crippen LogP contribution in [0, 0.1) is 17.7 Å². The second-order valence-electron chi connectivity index (χ2n) is 5.13. The Kier molecular flexibility index (Phi) is 4.46. The van der Waals surface area contributed by atoms with Crippen LogP contribution in [0.5, 0.6) is 5.75 Å². The van der Waals surface area contributed by atoms with Crippen molar-refractivity contribution in [3.63, 3.8) is 0 Å². The van der Waals surface area contributed by atoms with E-state index < -0.39 is 5.82 Å². The minimum absolute atomic E-state index is 0.0688. The number of rotatable bonds is 4. The molecular weight excluding hydrogens is 253 g/mol. The van der Waals surface area contributed by atoms with E-state index in [-0.39, 0.29) is 11.1 Å². The largest absolute Gasteiger partial charge is 0.488 e. The van der Waals surface area contributed by atoms with Crippen molar-refractivity contribution in [3.8, 4) is 5.75 Å². The van der Waals surface area contributed by atoms with Crippen LogP contribution in [0.25, 0.3) is 0 Å². The van der Waals surface area contributed by atoms with Crippen molar-refractivity contribution in [2.24, 2.45) is 11.8 Å². The van der Waals surface area contributed by atoms with Crippen LogP contribution in [0.3, 0.4) is 0 Å². The van der Waals surface area contributed by atoms with E-state index in [1.54, 1.807) is 12.1 Å². The molecular formula is C14H19ClFNO. The van der Waals surface area contributed by atoms with Crippen LogP contribution >= 0.6 is 11.6 Å². The molecule has 1 aliphatic heterocycles. The van der Waals surface area contributed by atoms with E-state index >= 15 is 0 Å². The van der Waals surface area contributed by atoms with Crippen LogP contribution in [-0.2, 0) is 0 Å². The molecule has 4 heteroatoms. The van der Waals surface area contributed by atoms with E-state index in [4.69, 9.17) is 16.3 Å². The smallest absolute Gasteiger partial charge is 0.145 e. The summed E-state index contributed by atoms with van der Waals surface area (Å²) in [6, 6.07) is 4.70. The fourth-order valence-electron chi connectivity index (χ4n) is 2.46. The Morgan fingerprint density at radius 3 is 2.83 bits per heavy atom. The zero-order chi connectivity index (χ0) is 13.1. The number of hydrogen-bond donors (Lipinski definition) is 1. The maximum atomic E-state index is 13.4. The molecule has 2 atom stereocenters. The third-order valence-corrected chi connectivity index (χ3v) is 3.77. The van der Waals surface area contributed by atoms with Crippen LogP contribution in [0.2, 0.25) is 5.02 Å². The quantitative estimate of drug-likeness (QED) is 0.905. The van der Waals surface area contributed by atoms with Gasteiger partial charge >= 0.3 is 0 Å². The summed E-state index contributed by atoms with van der Waals surface area (Å²) in [5.74, 6) is 0.849. The summed E-state index contributed by atoms with van der Waals surface area (Å²) in [7, 11) is 0. The highest BCUT2D eigenvalue weighted by Crippen LogP contribution is 2.31. The Hall–Kier alpha value is -0.800. The molecule has 0 saturated carbocycles. The highest BCUT2D eigenvalue weighted by Gasteiger charge is 2.29. The molecule has 1 aromatic carbocycles. The highest BCUT2D eigenvalue weighted by atomic mass is 35.5. The summed E-state index contributed by atoms with van der Waals surface area (Å²) in [6.07, 6.45) is 1.16. The van der Waals surface area contributed by atoms with Crippen molar-refractivity contribution < 1.29 is 9.13 Å². The molecule has 1 aliphatic rings. The van der Waals surface area contributed by atoms with E-state index in [2.05, 4.69) is 19.2 Å². The molecule has 1 saturated heterocycles. The van der Waals surface area contributed by atoms with E-state index in [1.807, 2.05) is 0 Å². The molecule has 1 aromatic rings. The Labute approximate surface area is 112 Å². The van der Waals surface area contributed by atoms with Gasteiger partial charge in [0.05, 0.1) is 0 Å². The van der Waals surface area contributed by atoms with Crippen LogP contribution in [0.1, 0.15) is 20.3 Å². The van der Waals surface area contributed by atoms with Crippen LogP contribution in [0.4, 0.5) is 4.39 Å². The molecule has 100 valence electrons. The lowest BCUT2D eigenvalue weighted by Crippen LogP contribution is -2.33. The monoisotopic (exact) mass is 271 g/mol. The number of ether oxygens (including phenoxy) is 1. The summed E-state index contributed by atoms with van der Waals surface area (Å²) >= 11 is 5.93. The molecule has 0 aromatic heterocycles. The summed E-state index contributed by atoms with van der Waals surface area (Å²) in [5.41, 5.74) is 0. The topological polar surface area (TPSA) is 21.3 Å². The van der Waals surface area contributed by atoms with Crippen molar-refractivity contribution in [1.29, 1.82) is 0 Å². The lowest BCUT2D eigenvalue weighted by atomic mass is 9.92. The minimum atomic E-state index is -0.429. The van der Waals surface area contributed by atoms with Gasteiger partial charge in [-0.3, -0.25) is 0 Å². The van der Waals surface area contributed by atoms with Gasteiger partial charge in [-0.25, -0.2) is 4.39 Å². The highest BCUT2D eigenvalue weighted by molar-refractivity contribution is 6.32. The summed E-state index contributed by atoms with van der Waals surface area (Å²) < 4.78 is 19.3. The van der Waals surface area contributed by atoms with Gasteiger partial charge in [0.2, 0.25) is 0 Å². The van der Waals surface area contributed by atoms with Gasteiger partial charge in [0.1, 0.15) is 22.7 Å². The first-order valence-corrected chi connectivity index (χ1v) is 6.78. The van der Waals surface area contributed by atoms with E-state index in [0.717, 1.165) is 19.5 Å². The third-order valence-electron chi connectivity index (χ3n) is 3.40. The third kappa shape index (κ3) is 2.96. The van der Waals surface area contributed by atoms with Gasteiger partial charge in [0.25, 0.3) is 0 Å². The average molecular weight is 272 g/mol. The molecule has 0 aliphatic carbocycles. The van der Waals surface area contributed by atoms with Gasteiger partial charge in [-0.2, -0.15) is 0 Å². The first-order valence-electron chi connectivity index (χ1n) is 6.41. The van der Waals surface area contributed by atoms with Gasteiger partial charge < -0.3 is 10.1 Å². The molecule has 0 spiro atoms. The fourth-order valence-corrected chi connectivity index (χ4v) is 2.63. The first-order chi connectivity index (χ1) is 8.59. The van der Waals surface area contributed by atoms with Crippen molar-refractivity contribution in [1.82, 2.24) is 5.32 Å². The predicted molar refractivity (Wildman–Crippen MR) is 71.6 cm³/mol. The van der Waals surface area contributed by atoms with Crippen LogP contribution < -0.4 is 10.1 Å². The summed E-state index contributed by atoms with van der Waals surface area (Å²) in [4.78, 5) is 0. The Bertz CT molecular complexity index is 405. The number of nitrogens with one attached hydrogen (secondary N) is 1. The molecule has 2 rings (SSSR count). The zero-order valence-corrected chi connectivity index (χ0v) is 11.5. The van der Waals surface area contributed by atoms with Crippen LogP contribution in [-0.4, -0.2) is 19.2 Å². The molecule has 2 nitrogen and oxygen atoms in total. The maximum Gasteiger partial charge on any atom is 0.145 e. The average Bonchev–Trinajstić information content (AvgIpc) is 2.84. The predicted octanol–water partition coefficient (Wildman–Crippen LogP) is 3.49. The van der Waals surface area contributed by atoms with Gasteiger partial charge in [-0.05, 0) is 31.0 Å². The van der Waals surface area contributed by atoms with Gasteiger partial charge in [0.15, 0.2) is 0 Å². The molecule has 18 heavy (non-hydrogen) atoms. The standard InChI is InChI=1S/C14H19ClFNO/c1-9(2)14(10-6-7-17-8-10)18-12-5-3-4-11(16)13(12)15/h3-5,9-10,14,17H,6-8H2,1-2H3/t10?,14-/m0/s1. The summed E-state index contributed by atoms with van der Waals surface area (Å²) in [6.45, 7) is 6.22. The SMILES string of the molecule is CC(C)[C@H](Oc1cccc(F)c1Cl)C1CCNC1. The van der Waals surface area contributed by atoms with Gasteiger partial charge in [0, 0.05) is 12.5 Å². The Morgan fingerprint density at radius 2 is 2.22 bits per heavy atom. The van der Waals surface area contributed by atoms with Gasteiger partial charge in [-0.1, -0.05) is 31.5 Å². The van der Waals surface area contributed by atoms with E-state index in [0.29, 0.717) is 17.6 Å². The van der Waals surface area contributed by atoms with Crippen LogP contribution in [0.15, 0.2) is 18.2 Å². The summed E-state index contributed by atoms with van der Waals surface area (Å²) in [5, 5.41) is 3.41. The Balaban J connectivity index is 2.15. The number of halogens is 2. The molecule has 1 fully saturated rings. The zero-order valence-electron chi connectivity index (χ0n) is 10.7.